The largest absolute Gasteiger partial charge is 0.453 e. The zero-order valence-corrected chi connectivity index (χ0v) is 21.0. The van der Waals surface area contributed by atoms with Crippen molar-refractivity contribution in [3.63, 3.8) is 0 Å². The van der Waals surface area contributed by atoms with E-state index in [2.05, 4.69) is 29.2 Å². The van der Waals surface area contributed by atoms with Crippen molar-refractivity contribution in [1.82, 2.24) is 0 Å². The van der Waals surface area contributed by atoms with Gasteiger partial charge in [-0.1, -0.05) is 42.5 Å². The van der Waals surface area contributed by atoms with E-state index in [0.29, 0.717) is 44.9 Å². The van der Waals surface area contributed by atoms with Gasteiger partial charge in [-0.15, -0.1) is 0 Å². The molecule has 1 aliphatic rings. The monoisotopic (exact) mass is 511 g/mol. The van der Waals surface area contributed by atoms with E-state index < -0.39 is 0 Å². The summed E-state index contributed by atoms with van der Waals surface area (Å²) < 4.78 is 6.25. The maximum absolute atomic E-state index is 9.71. The van der Waals surface area contributed by atoms with Crippen LogP contribution in [0.1, 0.15) is 22.3 Å². The van der Waals surface area contributed by atoms with E-state index in [4.69, 9.17) is 4.74 Å². The summed E-state index contributed by atoms with van der Waals surface area (Å²) >= 11 is 0. The molecule has 0 radical (unpaired) electrons. The smallest absolute Gasteiger partial charge is 0.151 e. The van der Waals surface area contributed by atoms with Crippen LogP contribution in [-0.2, 0) is 0 Å². The molecular formula is C34H17N5O. The Labute approximate surface area is 231 Å². The third kappa shape index (κ3) is 4.06. The molecular weight excluding hydrogens is 494 g/mol. The van der Waals surface area contributed by atoms with Gasteiger partial charge < -0.3 is 9.64 Å². The molecule has 0 amide bonds. The van der Waals surface area contributed by atoms with Crippen molar-refractivity contribution < 1.29 is 4.74 Å². The SMILES string of the molecule is N#Cc1cc(C#N)cc(-c2cccc(-c3cc(C#N)cc(C#N)c3)c2N2c3ccccc3Oc3ccccc32)c1. The molecule has 0 N–H and O–H groups in total. The van der Waals surface area contributed by atoms with Gasteiger partial charge in [-0.3, -0.25) is 0 Å². The highest BCUT2D eigenvalue weighted by atomic mass is 16.5. The molecule has 0 saturated heterocycles. The van der Waals surface area contributed by atoms with Crippen LogP contribution in [0.4, 0.5) is 17.1 Å². The molecule has 5 aromatic rings. The topological polar surface area (TPSA) is 108 Å². The van der Waals surface area contributed by atoms with Gasteiger partial charge in [0.05, 0.1) is 63.6 Å². The Morgan fingerprint density at radius 3 is 1.27 bits per heavy atom. The number of benzene rings is 5. The minimum Gasteiger partial charge on any atom is -0.453 e. The van der Waals surface area contributed by atoms with Crippen LogP contribution in [0.15, 0.2) is 103 Å². The number of ether oxygens (including phenoxy) is 1. The lowest BCUT2D eigenvalue weighted by molar-refractivity contribution is 0.477. The van der Waals surface area contributed by atoms with Crippen LogP contribution >= 0.6 is 0 Å². The van der Waals surface area contributed by atoms with Crippen molar-refractivity contribution in [3.05, 3.63) is 125 Å². The molecule has 0 aromatic heterocycles. The summed E-state index contributed by atoms with van der Waals surface area (Å²) in [6.07, 6.45) is 0. The maximum atomic E-state index is 9.71. The highest BCUT2D eigenvalue weighted by Crippen LogP contribution is 2.54. The standard InChI is InChI=1S/C34H17N5O/c35-18-22-12-23(19-36)15-26(14-22)28-6-5-7-29(27-16-24(20-37)13-25(17-27)21-38)34(28)39-30-8-1-3-10-32(30)40-33-11-4-2-9-31(33)39/h1-17H. The lowest BCUT2D eigenvalue weighted by Gasteiger charge is -2.35. The zero-order chi connectivity index (χ0) is 27.6. The van der Waals surface area contributed by atoms with Crippen molar-refractivity contribution in [1.29, 1.82) is 21.0 Å². The van der Waals surface area contributed by atoms with Gasteiger partial charge >= 0.3 is 0 Å². The van der Waals surface area contributed by atoms with E-state index in [9.17, 15) is 21.0 Å². The summed E-state index contributed by atoms with van der Waals surface area (Å²) in [5, 5.41) is 38.8. The third-order valence-electron chi connectivity index (χ3n) is 6.70. The average molecular weight is 512 g/mol. The molecule has 0 saturated carbocycles. The number of nitrogens with zero attached hydrogens (tertiary/aromatic N) is 5. The second kappa shape index (κ2) is 9.85. The van der Waals surface area contributed by atoms with Gasteiger partial charge in [0.15, 0.2) is 11.5 Å². The Bertz CT molecular complexity index is 1800. The molecule has 184 valence electrons. The van der Waals surface area contributed by atoms with Crippen molar-refractivity contribution >= 4 is 17.1 Å². The van der Waals surface area contributed by atoms with Crippen molar-refractivity contribution in [2.75, 3.05) is 4.90 Å². The zero-order valence-electron chi connectivity index (χ0n) is 21.0. The van der Waals surface area contributed by atoms with E-state index >= 15 is 0 Å². The molecule has 1 heterocycles. The van der Waals surface area contributed by atoms with Crippen LogP contribution in [-0.4, -0.2) is 0 Å². The molecule has 0 aliphatic carbocycles. The summed E-state index contributed by atoms with van der Waals surface area (Å²) in [6, 6.07) is 40.0. The number of nitriles is 4. The quantitative estimate of drug-likeness (QED) is 0.238. The minimum atomic E-state index is 0.367. The van der Waals surface area contributed by atoms with E-state index in [0.717, 1.165) is 28.2 Å². The third-order valence-corrected chi connectivity index (χ3v) is 6.70. The first-order chi connectivity index (χ1) is 19.6. The molecule has 6 nitrogen and oxygen atoms in total. The average Bonchev–Trinajstić information content (AvgIpc) is 3.02. The number of hydrogen-bond donors (Lipinski definition) is 0. The van der Waals surface area contributed by atoms with Gasteiger partial charge in [-0.05, 0) is 71.8 Å². The molecule has 0 atom stereocenters. The lowest BCUT2D eigenvalue weighted by atomic mass is 9.91. The van der Waals surface area contributed by atoms with E-state index in [-0.39, 0.29) is 0 Å². The summed E-state index contributed by atoms with van der Waals surface area (Å²) in [4.78, 5) is 2.09. The van der Waals surface area contributed by atoms with Crippen molar-refractivity contribution in [2.45, 2.75) is 0 Å². The normalized spacial score (nSPS) is 11.1. The Kier molecular flexibility index (Phi) is 5.91. The highest BCUT2D eigenvalue weighted by molar-refractivity contribution is 6.00. The highest BCUT2D eigenvalue weighted by Gasteiger charge is 2.29. The molecule has 0 fully saturated rings. The molecule has 1 aliphatic heterocycles. The van der Waals surface area contributed by atoms with Gasteiger partial charge in [0.1, 0.15) is 0 Å². The molecule has 5 aromatic carbocycles. The van der Waals surface area contributed by atoms with Gasteiger partial charge in [0.25, 0.3) is 0 Å². The van der Waals surface area contributed by atoms with E-state index in [1.165, 1.54) is 0 Å². The van der Waals surface area contributed by atoms with Crippen molar-refractivity contribution in [2.24, 2.45) is 0 Å². The number of para-hydroxylation sites is 5. The fourth-order valence-electron chi connectivity index (χ4n) is 5.02. The Morgan fingerprint density at radius 2 is 0.875 bits per heavy atom. The molecule has 0 bridgehead atoms. The first kappa shape index (κ1) is 24.0. The van der Waals surface area contributed by atoms with Gasteiger partial charge in [-0.25, -0.2) is 0 Å². The summed E-state index contributed by atoms with van der Waals surface area (Å²) in [5.41, 5.74) is 6.71. The van der Waals surface area contributed by atoms with Crippen LogP contribution in [0.2, 0.25) is 0 Å². The van der Waals surface area contributed by atoms with Gasteiger partial charge in [0.2, 0.25) is 0 Å². The summed E-state index contributed by atoms with van der Waals surface area (Å²) in [7, 11) is 0. The molecule has 6 rings (SSSR count). The van der Waals surface area contributed by atoms with Gasteiger partial charge in [0, 0.05) is 11.1 Å². The number of rotatable bonds is 3. The fourth-order valence-corrected chi connectivity index (χ4v) is 5.02. The summed E-state index contributed by atoms with van der Waals surface area (Å²) in [6.45, 7) is 0. The Balaban J connectivity index is 1.75. The Hall–Kier alpha value is -6.34. The van der Waals surface area contributed by atoms with Crippen LogP contribution in [0.25, 0.3) is 22.3 Å². The van der Waals surface area contributed by atoms with Crippen molar-refractivity contribution in [3.8, 4) is 58.0 Å². The number of hydrogen-bond acceptors (Lipinski definition) is 6. The molecule has 0 spiro atoms. The number of fused-ring (bicyclic) bond motifs is 2. The lowest BCUT2D eigenvalue weighted by Crippen LogP contribution is -2.17. The molecule has 6 heteroatoms. The Morgan fingerprint density at radius 1 is 0.475 bits per heavy atom. The second-order valence-electron chi connectivity index (χ2n) is 9.12. The maximum Gasteiger partial charge on any atom is 0.151 e. The molecule has 0 unspecified atom stereocenters. The number of anilines is 3. The van der Waals surface area contributed by atoms with Crippen LogP contribution in [0.5, 0.6) is 11.5 Å². The fraction of sp³-hybridized carbons (Fsp3) is 0. The van der Waals surface area contributed by atoms with Crippen LogP contribution < -0.4 is 9.64 Å². The van der Waals surface area contributed by atoms with E-state index in [1.807, 2.05) is 66.7 Å². The molecule has 40 heavy (non-hydrogen) atoms. The van der Waals surface area contributed by atoms with Gasteiger partial charge in [-0.2, -0.15) is 21.0 Å². The van der Waals surface area contributed by atoms with E-state index in [1.54, 1.807) is 36.4 Å². The van der Waals surface area contributed by atoms with Crippen LogP contribution in [0.3, 0.4) is 0 Å². The second-order valence-corrected chi connectivity index (χ2v) is 9.12. The van der Waals surface area contributed by atoms with Crippen LogP contribution in [0, 0.1) is 45.3 Å². The summed E-state index contributed by atoms with van der Waals surface area (Å²) in [5.74, 6) is 1.32. The minimum absolute atomic E-state index is 0.367. The first-order valence-electron chi connectivity index (χ1n) is 12.3. The first-order valence-corrected chi connectivity index (χ1v) is 12.3. The predicted molar refractivity (Wildman–Crippen MR) is 151 cm³/mol. The predicted octanol–water partition coefficient (Wildman–Crippen LogP) is 8.08.